The molecule has 0 aliphatic heterocycles. The van der Waals surface area contributed by atoms with Crippen LogP contribution in [0.5, 0.6) is 0 Å². The number of aromatic nitrogens is 4. The van der Waals surface area contributed by atoms with E-state index in [4.69, 9.17) is 4.98 Å². The van der Waals surface area contributed by atoms with E-state index in [1.54, 1.807) is 0 Å². The van der Waals surface area contributed by atoms with Gasteiger partial charge in [-0.25, -0.2) is 9.97 Å². The number of nitrogens with one attached hydrogen (secondary N) is 1. The molecule has 0 radical (unpaired) electrons. The summed E-state index contributed by atoms with van der Waals surface area (Å²) in [5.41, 5.74) is 4.55. The molecule has 5 nitrogen and oxygen atoms in total. The lowest BCUT2D eigenvalue weighted by molar-refractivity contribution is 0.488. The Labute approximate surface area is 113 Å². The first-order valence-electron chi connectivity index (χ1n) is 6.72. The quantitative estimate of drug-likeness (QED) is 0.891. The van der Waals surface area contributed by atoms with E-state index in [2.05, 4.69) is 15.4 Å². The van der Waals surface area contributed by atoms with Crippen LogP contribution in [0, 0.1) is 6.92 Å². The van der Waals surface area contributed by atoms with Gasteiger partial charge < -0.3 is 5.32 Å². The molecule has 0 saturated heterocycles. The van der Waals surface area contributed by atoms with Gasteiger partial charge in [-0.2, -0.15) is 5.10 Å². The fourth-order valence-corrected chi connectivity index (χ4v) is 2.69. The molecule has 0 saturated carbocycles. The molecule has 0 spiro atoms. The highest BCUT2D eigenvalue weighted by Gasteiger charge is 2.21. The largest absolute Gasteiger partial charge is 0.313 e. The second-order valence-electron chi connectivity index (χ2n) is 5.10. The highest BCUT2D eigenvalue weighted by Crippen LogP contribution is 2.29. The smallest absolute Gasteiger partial charge is 0.162 e. The summed E-state index contributed by atoms with van der Waals surface area (Å²) in [5.74, 6) is 0.793. The van der Waals surface area contributed by atoms with Crippen molar-refractivity contribution >= 4 is 0 Å². The highest BCUT2D eigenvalue weighted by molar-refractivity contribution is 5.57. The predicted molar refractivity (Wildman–Crippen MR) is 73.7 cm³/mol. The van der Waals surface area contributed by atoms with Crippen molar-refractivity contribution in [2.24, 2.45) is 7.05 Å². The number of hydrogen-bond acceptors (Lipinski definition) is 4. The third-order valence-electron chi connectivity index (χ3n) is 4.01. The fraction of sp³-hybridized carbons (Fsp3) is 0.500. The summed E-state index contributed by atoms with van der Waals surface area (Å²) in [6, 6.07) is 0.396. The van der Waals surface area contributed by atoms with Crippen molar-refractivity contribution in [1.82, 2.24) is 25.1 Å². The Bertz CT molecular complexity index is 602. The number of aryl methyl sites for hydroxylation is 2. The lowest BCUT2D eigenvalue weighted by Gasteiger charge is -2.24. The van der Waals surface area contributed by atoms with E-state index in [1.165, 1.54) is 17.7 Å². The molecule has 19 heavy (non-hydrogen) atoms. The Morgan fingerprint density at radius 3 is 2.89 bits per heavy atom. The summed E-state index contributed by atoms with van der Waals surface area (Å²) in [6.45, 7) is 2.04. The standard InChI is InChI=1S/C14H19N5/c1-9-10(8-17-19(9)3)14-16-7-11-12(15-2)5-4-6-13(11)18-14/h7-8,12,15H,4-6H2,1-3H3. The first-order valence-corrected chi connectivity index (χ1v) is 6.72. The van der Waals surface area contributed by atoms with Crippen molar-refractivity contribution < 1.29 is 0 Å². The Balaban J connectivity index is 2.04. The van der Waals surface area contributed by atoms with E-state index in [1.807, 2.05) is 38.1 Å². The van der Waals surface area contributed by atoms with Crippen LogP contribution < -0.4 is 5.32 Å². The van der Waals surface area contributed by atoms with Crippen LogP contribution in [0.3, 0.4) is 0 Å². The molecule has 2 aromatic rings. The van der Waals surface area contributed by atoms with Crippen LogP contribution in [-0.2, 0) is 13.5 Å². The van der Waals surface area contributed by atoms with Gasteiger partial charge in [-0.15, -0.1) is 0 Å². The third kappa shape index (κ3) is 2.04. The number of hydrogen-bond donors (Lipinski definition) is 1. The van der Waals surface area contributed by atoms with E-state index in [-0.39, 0.29) is 0 Å². The lowest BCUT2D eigenvalue weighted by Crippen LogP contribution is -2.22. The molecule has 2 heterocycles. The van der Waals surface area contributed by atoms with Crippen LogP contribution in [0.4, 0.5) is 0 Å². The van der Waals surface area contributed by atoms with Gasteiger partial charge in [0.05, 0.1) is 11.8 Å². The van der Waals surface area contributed by atoms with Gasteiger partial charge in [0.25, 0.3) is 0 Å². The monoisotopic (exact) mass is 257 g/mol. The molecule has 100 valence electrons. The minimum Gasteiger partial charge on any atom is -0.313 e. The van der Waals surface area contributed by atoms with E-state index < -0.39 is 0 Å². The third-order valence-corrected chi connectivity index (χ3v) is 4.01. The van der Waals surface area contributed by atoms with E-state index in [0.717, 1.165) is 29.9 Å². The molecule has 3 rings (SSSR count). The summed E-state index contributed by atoms with van der Waals surface area (Å²) < 4.78 is 1.86. The van der Waals surface area contributed by atoms with E-state index >= 15 is 0 Å². The zero-order valence-electron chi connectivity index (χ0n) is 11.6. The van der Waals surface area contributed by atoms with E-state index in [0.29, 0.717) is 6.04 Å². The molecule has 1 N–H and O–H groups in total. The summed E-state index contributed by atoms with van der Waals surface area (Å²) in [6.07, 6.45) is 7.21. The average molecular weight is 257 g/mol. The molecular weight excluding hydrogens is 238 g/mol. The molecule has 0 fully saturated rings. The molecule has 0 amide bonds. The summed E-state index contributed by atoms with van der Waals surface area (Å²) >= 11 is 0. The molecule has 5 heteroatoms. The van der Waals surface area contributed by atoms with Crippen molar-refractivity contribution in [2.45, 2.75) is 32.2 Å². The van der Waals surface area contributed by atoms with Gasteiger partial charge in [-0.05, 0) is 33.2 Å². The molecule has 1 unspecified atom stereocenters. The molecule has 1 aliphatic rings. The molecule has 1 aliphatic carbocycles. The Morgan fingerprint density at radius 1 is 1.37 bits per heavy atom. The number of fused-ring (bicyclic) bond motifs is 1. The SMILES string of the molecule is CNC1CCCc2nc(-c3cnn(C)c3C)ncc21. The van der Waals surface area contributed by atoms with E-state index in [9.17, 15) is 0 Å². The van der Waals surface area contributed by atoms with Gasteiger partial charge >= 0.3 is 0 Å². The van der Waals surface area contributed by atoms with Crippen LogP contribution in [0.2, 0.25) is 0 Å². The predicted octanol–water partition coefficient (Wildman–Crippen LogP) is 1.78. The van der Waals surface area contributed by atoms with Crippen LogP contribution in [0.25, 0.3) is 11.4 Å². The van der Waals surface area contributed by atoms with Crippen LogP contribution in [0.15, 0.2) is 12.4 Å². The molecule has 1 atom stereocenters. The second-order valence-corrected chi connectivity index (χ2v) is 5.10. The van der Waals surface area contributed by atoms with Gasteiger partial charge in [-0.3, -0.25) is 4.68 Å². The van der Waals surface area contributed by atoms with Crippen molar-refractivity contribution in [1.29, 1.82) is 0 Å². The molecule has 2 aromatic heterocycles. The fourth-order valence-electron chi connectivity index (χ4n) is 2.69. The topological polar surface area (TPSA) is 55.6 Å². The lowest BCUT2D eigenvalue weighted by atomic mass is 9.92. The summed E-state index contributed by atoms with van der Waals surface area (Å²) in [4.78, 5) is 9.28. The van der Waals surface area contributed by atoms with Crippen molar-refractivity contribution in [3.8, 4) is 11.4 Å². The Hall–Kier alpha value is -1.75. The van der Waals surface area contributed by atoms with Gasteiger partial charge in [0.1, 0.15) is 0 Å². The highest BCUT2D eigenvalue weighted by atomic mass is 15.3. The van der Waals surface area contributed by atoms with Crippen LogP contribution >= 0.6 is 0 Å². The van der Waals surface area contributed by atoms with Crippen LogP contribution in [-0.4, -0.2) is 26.8 Å². The van der Waals surface area contributed by atoms with Crippen molar-refractivity contribution in [2.75, 3.05) is 7.05 Å². The van der Waals surface area contributed by atoms with Gasteiger partial charge in [-0.1, -0.05) is 0 Å². The van der Waals surface area contributed by atoms with Gasteiger partial charge in [0.2, 0.25) is 0 Å². The van der Waals surface area contributed by atoms with Gasteiger partial charge in [0, 0.05) is 36.2 Å². The maximum atomic E-state index is 4.75. The van der Waals surface area contributed by atoms with Crippen molar-refractivity contribution in [3.63, 3.8) is 0 Å². The zero-order valence-corrected chi connectivity index (χ0v) is 11.6. The number of rotatable bonds is 2. The minimum atomic E-state index is 0.396. The van der Waals surface area contributed by atoms with Gasteiger partial charge in [0.15, 0.2) is 5.82 Å². The molecular formula is C14H19N5. The molecule has 0 aromatic carbocycles. The summed E-state index contributed by atoms with van der Waals surface area (Å²) in [5, 5.41) is 7.60. The van der Waals surface area contributed by atoms with Crippen molar-refractivity contribution in [3.05, 3.63) is 29.3 Å². The molecule has 0 bridgehead atoms. The summed E-state index contributed by atoms with van der Waals surface area (Å²) in [7, 11) is 3.94. The maximum Gasteiger partial charge on any atom is 0.162 e. The average Bonchev–Trinajstić information content (AvgIpc) is 2.77. The second kappa shape index (κ2) is 4.74. The minimum absolute atomic E-state index is 0.396. The Morgan fingerprint density at radius 2 is 2.21 bits per heavy atom. The first-order chi connectivity index (χ1) is 9.20. The maximum absolute atomic E-state index is 4.75. The van der Waals surface area contributed by atoms with Crippen LogP contribution in [0.1, 0.15) is 35.8 Å². The zero-order chi connectivity index (χ0) is 13.4. The normalized spacial score (nSPS) is 18.4. The Kier molecular flexibility index (Phi) is 3.06. The number of nitrogens with zero attached hydrogens (tertiary/aromatic N) is 4. The first kappa shape index (κ1) is 12.3.